The minimum atomic E-state index is -0.431. The molecule has 1 atom stereocenters. The maximum atomic E-state index is 10.7. The summed E-state index contributed by atoms with van der Waals surface area (Å²) in [6.45, 7) is 3.55. The fourth-order valence-electron chi connectivity index (χ4n) is 1.71. The first-order chi connectivity index (χ1) is 8.02. The largest absolute Gasteiger partial charge is 0.476 e. The zero-order valence-electron chi connectivity index (χ0n) is 9.84. The van der Waals surface area contributed by atoms with Gasteiger partial charge in [0.2, 0.25) is 5.39 Å². The average molecular weight is 239 g/mol. The zero-order valence-corrected chi connectivity index (χ0v) is 9.84. The lowest BCUT2D eigenvalue weighted by Crippen LogP contribution is -2.10. The number of nitrogens with zero attached hydrogens (tertiary/aromatic N) is 2. The maximum Gasteiger partial charge on any atom is 0.429 e. The molecule has 0 saturated carbocycles. The van der Waals surface area contributed by atoms with Crippen LogP contribution < -0.4 is 0 Å². The Morgan fingerprint density at radius 1 is 1.65 bits per heavy atom. The third kappa shape index (κ3) is 4.15. The third-order valence-corrected chi connectivity index (χ3v) is 2.52. The van der Waals surface area contributed by atoms with Crippen LogP contribution in [0.15, 0.2) is 23.3 Å². The van der Waals surface area contributed by atoms with Gasteiger partial charge >= 0.3 is 18.1 Å². The van der Waals surface area contributed by atoms with Crippen molar-refractivity contribution >= 4 is 5.97 Å². The number of rotatable bonds is 4. The van der Waals surface area contributed by atoms with Crippen molar-refractivity contribution in [3.63, 3.8) is 0 Å². The van der Waals surface area contributed by atoms with Crippen molar-refractivity contribution in [2.45, 2.75) is 32.8 Å². The van der Waals surface area contributed by atoms with E-state index in [0.29, 0.717) is 12.8 Å². The van der Waals surface area contributed by atoms with Crippen molar-refractivity contribution in [2.24, 2.45) is 0 Å². The Balaban J connectivity index is 2.46. The summed E-state index contributed by atoms with van der Waals surface area (Å²) in [5.74, 6) is -0.754. The topological polar surface area (TPSA) is 83.9 Å². The molecule has 0 aromatic heterocycles. The molecule has 6 nitrogen and oxygen atoms in total. The van der Waals surface area contributed by atoms with Crippen LogP contribution in [0.2, 0.25) is 0 Å². The van der Waals surface area contributed by atoms with E-state index in [4.69, 9.17) is 14.9 Å². The van der Waals surface area contributed by atoms with Crippen LogP contribution in [0.3, 0.4) is 0 Å². The molecule has 1 aliphatic rings. The number of aliphatic hydroxyl groups is 1. The Hall–Kier alpha value is -2.03. The highest BCUT2D eigenvalue weighted by Gasteiger charge is 2.25. The maximum absolute atomic E-state index is 10.7. The van der Waals surface area contributed by atoms with E-state index in [-0.39, 0.29) is 18.7 Å². The van der Waals surface area contributed by atoms with Gasteiger partial charge in [0.1, 0.15) is 12.7 Å². The van der Waals surface area contributed by atoms with Gasteiger partial charge in [-0.15, -0.1) is 0 Å². The first kappa shape index (κ1) is 13.0. The molecule has 1 aliphatic carbocycles. The molecular formula is C11H15N2O4+. The zero-order chi connectivity index (χ0) is 12.8. The van der Waals surface area contributed by atoms with E-state index in [9.17, 15) is 9.90 Å². The lowest BCUT2D eigenvalue weighted by Gasteiger charge is -2.10. The van der Waals surface area contributed by atoms with Crippen LogP contribution in [0.4, 0.5) is 0 Å². The SMILES string of the molecule is CC(=O)OCC1=C(C)CC(O/C(O)=C\[N+]#N)C1. The van der Waals surface area contributed by atoms with Crippen molar-refractivity contribution in [3.05, 3.63) is 28.3 Å². The van der Waals surface area contributed by atoms with E-state index in [1.165, 1.54) is 6.92 Å². The number of ether oxygens (including phenoxy) is 2. The highest BCUT2D eigenvalue weighted by Crippen LogP contribution is 2.29. The normalized spacial score (nSPS) is 20.1. The van der Waals surface area contributed by atoms with E-state index in [2.05, 4.69) is 4.98 Å². The van der Waals surface area contributed by atoms with Crippen LogP contribution in [-0.4, -0.2) is 23.8 Å². The minimum Gasteiger partial charge on any atom is -0.476 e. The van der Waals surface area contributed by atoms with Crippen LogP contribution >= 0.6 is 0 Å². The van der Waals surface area contributed by atoms with Crippen LogP contribution in [0.5, 0.6) is 0 Å². The Labute approximate surface area is 99.1 Å². The molecule has 0 radical (unpaired) electrons. The summed E-state index contributed by atoms with van der Waals surface area (Å²) in [4.78, 5) is 13.3. The second kappa shape index (κ2) is 5.89. The van der Waals surface area contributed by atoms with Crippen molar-refractivity contribution in [2.75, 3.05) is 6.61 Å². The molecule has 6 heteroatoms. The second-order valence-electron chi connectivity index (χ2n) is 3.90. The highest BCUT2D eigenvalue weighted by molar-refractivity contribution is 5.66. The third-order valence-electron chi connectivity index (χ3n) is 2.52. The summed E-state index contributed by atoms with van der Waals surface area (Å²) in [7, 11) is 0. The first-order valence-electron chi connectivity index (χ1n) is 5.23. The molecule has 0 spiro atoms. The fraction of sp³-hybridized carbons (Fsp3) is 0.545. The van der Waals surface area contributed by atoms with Crippen molar-refractivity contribution in [1.29, 1.82) is 5.39 Å². The van der Waals surface area contributed by atoms with E-state index in [1.54, 1.807) is 0 Å². The predicted molar refractivity (Wildman–Crippen MR) is 59.2 cm³/mol. The molecule has 0 saturated heterocycles. The first-order valence-corrected chi connectivity index (χ1v) is 5.23. The monoisotopic (exact) mass is 239 g/mol. The molecule has 0 aromatic carbocycles. The van der Waals surface area contributed by atoms with E-state index in [0.717, 1.165) is 17.3 Å². The van der Waals surface area contributed by atoms with Crippen LogP contribution in [0, 0.1) is 5.39 Å². The van der Waals surface area contributed by atoms with Crippen molar-refractivity contribution in [3.8, 4) is 0 Å². The van der Waals surface area contributed by atoms with Gasteiger partial charge in [0.05, 0.1) is 0 Å². The van der Waals surface area contributed by atoms with Gasteiger partial charge in [-0.3, -0.25) is 4.79 Å². The number of aliphatic hydroxyl groups excluding tert-OH is 1. The van der Waals surface area contributed by atoms with Crippen LogP contribution in [0.1, 0.15) is 26.7 Å². The summed E-state index contributed by atoms with van der Waals surface area (Å²) in [5, 5.41) is 17.4. The number of hydrogen-bond donors (Lipinski definition) is 1. The highest BCUT2D eigenvalue weighted by atomic mass is 16.6. The summed E-state index contributed by atoms with van der Waals surface area (Å²) >= 11 is 0. The molecular weight excluding hydrogens is 224 g/mol. The Kier molecular flexibility index (Phi) is 4.52. The van der Waals surface area contributed by atoms with Gasteiger partial charge in [-0.2, -0.15) is 0 Å². The van der Waals surface area contributed by atoms with Gasteiger partial charge in [0, 0.05) is 19.8 Å². The average Bonchev–Trinajstić information content (AvgIpc) is 2.56. The summed E-state index contributed by atoms with van der Waals surface area (Å²) in [5.41, 5.74) is 2.09. The van der Waals surface area contributed by atoms with Gasteiger partial charge in [0.25, 0.3) is 0 Å². The Morgan fingerprint density at radius 3 is 2.94 bits per heavy atom. The lowest BCUT2D eigenvalue weighted by molar-refractivity contribution is -0.140. The fourth-order valence-corrected chi connectivity index (χ4v) is 1.71. The quantitative estimate of drug-likeness (QED) is 0.352. The second-order valence-corrected chi connectivity index (χ2v) is 3.90. The number of carbonyl (C=O) groups excluding carboxylic acids is 1. The Bertz CT molecular complexity index is 406. The van der Waals surface area contributed by atoms with Gasteiger partial charge in [-0.25, -0.2) is 0 Å². The molecule has 0 aromatic rings. The van der Waals surface area contributed by atoms with E-state index >= 15 is 0 Å². The molecule has 0 bridgehead atoms. The number of carbonyl (C=O) groups is 1. The van der Waals surface area contributed by atoms with Crippen molar-refractivity contribution < 1.29 is 19.4 Å². The summed E-state index contributed by atoms with van der Waals surface area (Å²) < 4.78 is 10.0. The van der Waals surface area contributed by atoms with E-state index in [1.807, 2.05) is 6.92 Å². The van der Waals surface area contributed by atoms with Gasteiger partial charge in [-0.05, 0) is 12.5 Å². The molecule has 0 heterocycles. The van der Waals surface area contributed by atoms with Gasteiger partial charge < -0.3 is 14.6 Å². The van der Waals surface area contributed by atoms with E-state index < -0.39 is 5.95 Å². The smallest absolute Gasteiger partial charge is 0.429 e. The van der Waals surface area contributed by atoms with Gasteiger partial charge in [0.15, 0.2) is 4.98 Å². The van der Waals surface area contributed by atoms with Crippen LogP contribution in [0.25, 0.3) is 4.98 Å². The number of esters is 1. The summed E-state index contributed by atoms with van der Waals surface area (Å²) in [6, 6.07) is 0. The molecule has 92 valence electrons. The van der Waals surface area contributed by atoms with Crippen molar-refractivity contribution in [1.82, 2.24) is 0 Å². The van der Waals surface area contributed by atoms with Crippen LogP contribution in [-0.2, 0) is 14.3 Å². The molecule has 1 unspecified atom stereocenters. The van der Waals surface area contributed by atoms with Gasteiger partial charge in [-0.1, -0.05) is 5.57 Å². The standard InChI is InChI=1S/C11H14N2O4/c1-7-3-10(17-11(15)5-13-12)4-9(7)6-16-8(2)14/h5,10H,3-4,6H2,1-2H3/p+1/b11-5-. The molecule has 0 fully saturated rings. The molecule has 1 rings (SSSR count). The molecule has 0 aliphatic heterocycles. The lowest BCUT2D eigenvalue weighted by atomic mass is 10.2. The molecule has 17 heavy (non-hydrogen) atoms. The predicted octanol–water partition coefficient (Wildman–Crippen LogP) is 2.25. The molecule has 0 amide bonds. The summed E-state index contributed by atoms with van der Waals surface area (Å²) in [6.07, 6.45) is 1.85. The Morgan fingerprint density at radius 2 is 2.35 bits per heavy atom. The minimum absolute atomic E-state index is 0.210. The number of diazo groups is 1. The molecule has 1 N–H and O–H groups in total. The number of hydrogen-bond acceptors (Lipinski definition) is 5.